The normalized spacial score (nSPS) is 24.3. The molecule has 1 heterocycles. The first-order valence-electron chi connectivity index (χ1n) is 6.40. The number of hydrogen-bond acceptors (Lipinski definition) is 5. The molecule has 3 nitrogen and oxygen atoms in total. The lowest BCUT2D eigenvalue weighted by Crippen LogP contribution is -2.32. The number of thioether (sulfide) groups is 2. The van der Waals surface area contributed by atoms with E-state index in [9.17, 15) is 5.11 Å². The highest BCUT2D eigenvalue weighted by Gasteiger charge is 2.46. The fraction of sp³-hybridized carbons (Fsp3) is 0.571. The van der Waals surface area contributed by atoms with Crippen LogP contribution in [0.15, 0.2) is 12.1 Å². The Hall–Kier alpha value is -0.520. The van der Waals surface area contributed by atoms with Crippen LogP contribution in [0, 0.1) is 0 Å². The van der Waals surface area contributed by atoms with Crippen LogP contribution >= 0.6 is 23.5 Å². The molecule has 0 radical (unpaired) electrons. The van der Waals surface area contributed by atoms with Crippen molar-refractivity contribution in [2.24, 2.45) is 0 Å². The van der Waals surface area contributed by atoms with E-state index in [1.807, 2.05) is 35.7 Å². The van der Waals surface area contributed by atoms with Crippen molar-refractivity contribution in [1.82, 2.24) is 0 Å². The third kappa shape index (κ3) is 2.12. The summed E-state index contributed by atoms with van der Waals surface area (Å²) in [7, 11) is 3.40. The van der Waals surface area contributed by atoms with Gasteiger partial charge in [0, 0.05) is 35.5 Å². The van der Waals surface area contributed by atoms with Crippen molar-refractivity contribution in [1.29, 1.82) is 0 Å². The molecular weight excluding hydrogens is 280 g/mol. The second-order valence-electron chi connectivity index (χ2n) is 4.84. The molecule has 1 saturated heterocycles. The van der Waals surface area contributed by atoms with Crippen molar-refractivity contribution in [2.75, 3.05) is 25.7 Å². The van der Waals surface area contributed by atoms with Gasteiger partial charge in [-0.3, -0.25) is 0 Å². The van der Waals surface area contributed by atoms with Crippen molar-refractivity contribution in [3.8, 4) is 11.5 Å². The van der Waals surface area contributed by atoms with Crippen molar-refractivity contribution in [2.45, 2.75) is 23.0 Å². The minimum absolute atomic E-state index is 0.0626. The van der Waals surface area contributed by atoms with Gasteiger partial charge in [0.05, 0.1) is 24.4 Å². The van der Waals surface area contributed by atoms with Gasteiger partial charge in [0.2, 0.25) is 0 Å². The van der Waals surface area contributed by atoms with Crippen LogP contribution in [0.5, 0.6) is 11.5 Å². The number of hydrogen-bond donors (Lipinski definition) is 1. The lowest BCUT2D eigenvalue weighted by molar-refractivity contribution is 0.151. The van der Waals surface area contributed by atoms with E-state index in [2.05, 4.69) is 0 Å². The van der Waals surface area contributed by atoms with Crippen LogP contribution in [-0.2, 0) is 10.5 Å². The van der Waals surface area contributed by atoms with Crippen LogP contribution < -0.4 is 9.47 Å². The van der Waals surface area contributed by atoms with E-state index >= 15 is 0 Å². The van der Waals surface area contributed by atoms with Gasteiger partial charge in [-0.25, -0.2) is 0 Å². The molecule has 1 aromatic rings. The number of aliphatic hydroxyl groups is 1. The standard InChI is InChI=1S/C14H18O3S2/c1-16-11-3-4-12(17-2)13-10(11)7-9(15)8-14(13)18-5-6-19-14/h3-4,9,15H,5-8H2,1-2H3. The Balaban J connectivity index is 2.21. The van der Waals surface area contributed by atoms with E-state index in [-0.39, 0.29) is 10.2 Å². The maximum atomic E-state index is 10.2. The summed E-state index contributed by atoms with van der Waals surface area (Å²) in [5.41, 5.74) is 2.34. The molecule has 1 aliphatic heterocycles. The van der Waals surface area contributed by atoms with Crippen LogP contribution in [0.1, 0.15) is 17.5 Å². The minimum atomic E-state index is -0.299. The summed E-state index contributed by atoms with van der Waals surface area (Å²) in [6.45, 7) is 0. The van der Waals surface area contributed by atoms with E-state index in [1.165, 1.54) is 5.56 Å². The average Bonchev–Trinajstić information content (AvgIpc) is 2.86. The third-order valence-corrected chi connectivity index (χ3v) is 7.21. The first-order valence-corrected chi connectivity index (χ1v) is 8.37. The Bertz CT molecular complexity index is 484. The molecule has 19 heavy (non-hydrogen) atoms. The van der Waals surface area contributed by atoms with Gasteiger partial charge in [-0.15, -0.1) is 23.5 Å². The summed E-state index contributed by atoms with van der Waals surface area (Å²) in [6, 6.07) is 3.92. The van der Waals surface area contributed by atoms with E-state index in [0.29, 0.717) is 6.42 Å². The van der Waals surface area contributed by atoms with Gasteiger partial charge >= 0.3 is 0 Å². The Morgan fingerprint density at radius 2 is 1.79 bits per heavy atom. The lowest BCUT2D eigenvalue weighted by atomic mass is 9.87. The molecule has 1 atom stereocenters. The van der Waals surface area contributed by atoms with Gasteiger partial charge < -0.3 is 14.6 Å². The molecule has 0 aromatic heterocycles. The fourth-order valence-electron chi connectivity index (χ4n) is 3.03. The Kier molecular flexibility index (Phi) is 3.62. The fourth-order valence-corrected chi connectivity index (χ4v) is 6.54. The molecule has 1 N–H and O–H groups in total. The largest absolute Gasteiger partial charge is 0.496 e. The summed E-state index contributed by atoms with van der Waals surface area (Å²) >= 11 is 3.86. The molecule has 1 aliphatic carbocycles. The smallest absolute Gasteiger partial charge is 0.124 e. The molecule has 0 saturated carbocycles. The third-order valence-electron chi connectivity index (χ3n) is 3.75. The number of ether oxygens (including phenoxy) is 2. The number of aliphatic hydroxyl groups excluding tert-OH is 1. The lowest BCUT2D eigenvalue weighted by Gasteiger charge is -2.38. The molecule has 1 unspecified atom stereocenters. The summed E-state index contributed by atoms with van der Waals surface area (Å²) < 4.78 is 11.0. The molecule has 1 spiro atoms. The van der Waals surface area contributed by atoms with Crippen LogP contribution in [-0.4, -0.2) is 36.9 Å². The first-order chi connectivity index (χ1) is 9.20. The topological polar surface area (TPSA) is 38.7 Å². The molecule has 2 aliphatic rings. The van der Waals surface area contributed by atoms with Crippen LogP contribution in [0.3, 0.4) is 0 Å². The quantitative estimate of drug-likeness (QED) is 0.909. The second kappa shape index (κ2) is 5.11. The van der Waals surface area contributed by atoms with E-state index in [4.69, 9.17) is 9.47 Å². The summed E-state index contributed by atoms with van der Waals surface area (Å²) in [6.07, 6.45) is 1.14. The predicted molar refractivity (Wildman–Crippen MR) is 80.5 cm³/mol. The highest BCUT2D eigenvalue weighted by Crippen LogP contribution is 2.61. The average molecular weight is 298 g/mol. The number of fused-ring (bicyclic) bond motifs is 2. The van der Waals surface area contributed by atoms with Crippen molar-refractivity contribution < 1.29 is 14.6 Å². The molecule has 5 heteroatoms. The Morgan fingerprint density at radius 3 is 2.42 bits per heavy atom. The van der Waals surface area contributed by atoms with E-state index < -0.39 is 0 Å². The maximum absolute atomic E-state index is 10.2. The molecule has 3 rings (SSSR count). The van der Waals surface area contributed by atoms with Crippen LogP contribution in [0.2, 0.25) is 0 Å². The van der Waals surface area contributed by atoms with Crippen molar-refractivity contribution >= 4 is 23.5 Å². The summed E-state index contributed by atoms with van der Waals surface area (Å²) in [5.74, 6) is 4.03. The van der Waals surface area contributed by atoms with Crippen LogP contribution in [0.4, 0.5) is 0 Å². The SMILES string of the molecule is COc1ccc(OC)c2c1CC(O)CC21SCCS1. The predicted octanol–water partition coefficient (Wildman–Crippen LogP) is 2.64. The van der Waals surface area contributed by atoms with Gasteiger partial charge in [-0.1, -0.05) is 0 Å². The minimum Gasteiger partial charge on any atom is -0.496 e. The molecule has 1 fully saturated rings. The number of benzene rings is 1. The molecule has 104 valence electrons. The zero-order valence-corrected chi connectivity index (χ0v) is 12.8. The van der Waals surface area contributed by atoms with Crippen LogP contribution in [0.25, 0.3) is 0 Å². The van der Waals surface area contributed by atoms with Gasteiger partial charge in [0.25, 0.3) is 0 Å². The second-order valence-corrected chi connectivity index (χ2v) is 7.88. The highest BCUT2D eigenvalue weighted by molar-refractivity contribution is 8.20. The molecule has 0 amide bonds. The monoisotopic (exact) mass is 298 g/mol. The summed E-state index contributed by atoms with van der Waals surface area (Å²) in [5, 5.41) is 10.2. The zero-order chi connectivity index (χ0) is 13.5. The number of methoxy groups -OCH3 is 2. The summed E-state index contributed by atoms with van der Waals surface area (Å²) in [4.78, 5) is 0. The van der Waals surface area contributed by atoms with Gasteiger partial charge in [-0.2, -0.15) is 0 Å². The van der Waals surface area contributed by atoms with Gasteiger partial charge in [-0.05, 0) is 12.1 Å². The van der Waals surface area contributed by atoms with E-state index in [1.54, 1.807) is 14.2 Å². The Morgan fingerprint density at radius 1 is 1.16 bits per heavy atom. The van der Waals surface area contributed by atoms with Gasteiger partial charge in [0.15, 0.2) is 0 Å². The molecule has 1 aromatic carbocycles. The Labute approximate surface area is 122 Å². The highest BCUT2D eigenvalue weighted by atomic mass is 32.2. The number of rotatable bonds is 2. The zero-order valence-electron chi connectivity index (χ0n) is 11.1. The van der Waals surface area contributed by atoms with E-state index in [0.717, 1.165) is 35.0 Å². The van der Waals surface area contributed by atoms with Crippen molar-refractivity contribution in [3.63, 3.8) is 0 Å². The first kappa shape index (κ1) is 13.5. The molecule has 0 bridgehead atoms. The molecular formula is C14H18O3S2. The van der Waals surface area contributed by atoms with Crippen molar-refractivity contribution in [3.05, 3.63) is 23.3 Å². The van der Waals surface area contributed by atoms with Gasteiger partial charge in [0.1, 0.15) is 11.5 Å². The maximum Gasteiger partial charge on any atom is 0.124 e.